The van der Waals surface area contributed by atoms with Gasteiger partial charge in [0.15, 0.2) is 0 Å². The summed E-state index contributed by atoms with van der Waals surface area (Å²) in [6.45, 7) is 4.53. The minimum Gasteiger partial charge on any atom is -0.316 e. The molecule has 0 aromatic heterocycles. The van der Waals surface area contributed by atoms with Gasteiger partial charge in [-0.05, 0) is 32.0 Å². The van der Waals surface area contributed by atoms with E-state index in [9.17, 15) is 0 Å². The van der Waals surface area contributed by atoms with Crippen LogP contribution in [-0.2, 0) is 0 Å². The summed E-state index contributed by atoms with van der Waals surface area (Å²) >= 11 is 2.00. The first-order chi connectivity index (χ1) is 7.81. The lowest BCUT2D eigenvalue weighted by Crippen LogP contribution is -2.35. The highest BCUT2D eigenvalue weighted by molar-refractivity contribution is 8.00. The summed E-state index contributed by atoms with van der Waals surface area (Å²) in [5.74, 6) is 0. The average Bonchev–Trinajstić information content (AvgIpc) is 2.35. The largest absolute Gasteiger partial charge is 0.316 e. The van der Waals surface area contributed by atoms with Crippen molar-refractivity contribution in [3.8, 4) is 0 Å². The molecule has 1 aromatic rings. The zero-order valence-corrected chi connectivity index (χ0v) is 11.4. The summed E-state index contributed by atoms with van der Waals surface area (Å²) in [4.78, 5) is 1.38. The molecule has 2 heteroatoms. The monoisotopic (exact) mass is 237 g/mol. The summed E-state index contributed by atoms with van der Waals surface area (Å²) in [5, 5.41) is 4.13. The molecule has 0 amide bonds. The van der Waals surface area contributed by atoms with E-state index in [-0.39, 0.29) is 0 Å². The number of hydrogen-bond donors (Lipinski definition) is 1. The number of nitrogens with one attached hydrogen (secondary N) is 1. The Morgan fingerprint density at radius 2 is 1.88 bits per heavy atom. The van der Waals surface area contributed by atoms with Crippen LogP contribution in [-0.4, -0.2) is 18.3 Å². The van der Waals surface area contributed by atoms with E-state index < -0.39 is 0 Å². The van der Waals surface area contributed by atoms with Crippen molar-refractivity contribution in [2.75, 3.05) is 7.05 Å². The fourth-order valence-corrected chi connectivity index (χ4v) is 3.22. The molecule has 90 valence electrons. The van der Waals surface area contributed by atoms with Crippen LogP contribution in [0.3, 0.4) is 0 Å². The molecule has 1 aromatic carbocycles. The quantitative estimate of drug-likeness (QED) is 0.721. The van der Waals surface area contributed by atoms with Crippen LogP contribution in [0.15, 0.2) is 35.2 Å². The maximum Gasteiger partial charge on any atom is 0.0245 e. The molecule has 0 spiro atoms. The first kappa shape index (κ1) is 13.6. The average molecular weight is 237 g/mol. The number of rotatable bonds is 7. The van der Waals surface area contributed by atoms with Crippen molar-refractivity contribution < 1.29 is 0 Å². The Morgan fingerprint density at radius 3 is 2.38 bits per heavy atom. The number of benzene rings is 1. The Morgan fingerprint density at radius 1 is 1.19 bits per heavy atom. The molecule has 0 fully saturated rings. The molecule has 0 aliphatic heterocycles. The second-order valence-electron chi connectivity index (χ2n) is 4.06. The highest BCUT2D eigenvalue weighted by Crippen LogP contribution is 2.28. The van der Waals surface area contributed by atoms with Gasteiger partial charge in [0.05, 0.1) is 0 Å². The molecule has 0 aliphatic rings. The van der Waals surface area contributed by atoms with E-state index in [1.807, 2.05) is 11.8 Å². The summed E-state index contributed by atoms with van der Waals surface area (Å²) in [6, 6.07) is 11.3. The predicted molar refractivity (Wildman–Crippen MR) is 74.1 cm³/mol. The van der Waals surface area contributed by atoms with Crippen LogP contribution in [0, 0.1) is 0 Å². The standard InChI is InChI=1S/C14H23NS/c1-4-9-13(15-3)14(5-2)16-12-10-7-6-8-11-12/h6-8,10-11,13-15H,4-5,9H2,1-3H3. The molecular formula is C14H23NS. The topological polar surface area (TPSA) is 12.0 Å². The maximum atomic E-state index is 3.45. The van der Waals surface area contributed by atoms with Crippen molar-refractivity contribution in [2.45, 2.75) is 49.3 Å². The van der Waals surface area contributed by atoms with Crippen LogP contribution >= 0.6 is 11.8 Å². The van der Waals surface area contributed by atoms with E-state index in [1.165, 1.54) is 24.2 Å². The van der Waals surface area contributed by atoms with Crippen LogP contribution in [0.2, 0.25) is 0 Å². The number of thioether (sulfide) groups is 1. The summed E-state index contributed by atoms with van der Waals surface area (Å²) in [6.07, 6.45) is 3.72. The van der Waals surface area contributed by atoms with Gasteiger partial charge in [0.1, 0.15) is 0 Å². The van der Waals surface area contributed by atoms with Crippen LogP contribution in [0.5, 0.6) is 0 Å². The van der Waals surface area contributed by atoms with Gasteiger partial charge in [-0.3, -0.25) is 0 Å². The molecule has 0 radical (unpaired) electrons. The Balaban J connectivity index is 2.60. The fraction of sp³-hybridized carbons (Fsp3) is 0.571. The fourth-order valence-electron chi connectivity index (χ4n) is 1.95. The van der Waals surface area contributed by atoms with E-state index in [2.05, 4.69) is 56.5 Å². The van der Waals surface area contributed by atoms with Gasteiger partial charge in [0, 0.05) is 16.2 Å². The Labute approximate surface area is 104 Å². The minimum absolute atomic E-state index is 0.625. The predicted octanol–water partition coefficient (Wildman–Crippen LogP) is 3.95. The molecule has 1 nitrogen and oxygen atoms in total. The van der Waals surface area contributed by atoms with Crippen molar-refractivity contribution in [1.82, 2.24) is 5.32 Å². The van der Waals surface area contributed by atoms with Crippen molar-refractivity contribution in [3.63, 3.8) is 0 Å². The molecule has 0 saturated heterocycles. The van der Waals surface area contributed by atoms with Gasteiger partial charge < -0.3 is 5.32 Å². The lowest BCUT2D eigenvalue weighted by molar-refractivity contribution is 0.490. The molecule has 0 saturated carbocycles. The van der Waals surface area contributed by atoms with Gasteiger partial charge in [-0.1, -0.05) is 38.5 Å². The minimum atomic E-state index is 0.625. The van der Waals surface area contributed by atoms with Crippen molar-refractivity contribution in [2.24, 2.45) is 0 Å². The molecule has 2 atom stereocenters. The molecule has 0 bridgehead atoms. The molecule has 1 N–H and O–H groups in total. The Kier molecular flexibility index (Phi) is 6.58. The molecule has 2 unspecified atom stereocenters. The van der Waals surface area contributed by atoms with Crippen molar-refractivity contribution in [1.29, 1.82) is 0 Å². The second-order valence-corrected chi connectivity index (χ2v) is 5.37. The van der Waals surface area contributed by atoms with Crippen LogP contribution < -0.4 is 5.32 Å². The van der Waals surface area contributed by atoms with E-state index in [0.29, 0.717) is 11.3 Å². The zero-order chi connectivity index (χ0) is 11.8. The van der Waals surface area contributed by atoms with Crippen LogP contribution in [0.25, 0.3) is 0 Å². The van der Waals surface area contributed by atoms with Gasteiger partial charge in [-0.15, -0.1) is 11.8 Å². The highest BCUT2D eigenvalue weighted by Gasteiger charge is 2.18. The Bertz CT molecular complexity index is 273. The lowest BCUT2D eigenvalue weighted by atomic mass is 10.1. The third-order valence-electron chi connectivity index (χ3n) is 2.85. The van der Waals surface area contributed by atoms with Crippen LogP contribution in [0.1, 0.15) is 33.1 Å². The SMILES string of the molecule is CCCC(NC)C(CC)Sc1ccccc1. The summed E-state index contributed by atoms with van der Waals surface area (Å²) in [5.41, 5.74) is 0. The van der Waals surface area contributed by atoms with Gasteiger partial charge in [-0.25, -0.2) is 0 Å². The third-order valence-corrected chi connectivity index (χ3v) is 4.36. The lowest BCUT2D eigenvalue weighted by Gasteiger charge is -2.25. The molecule has 0 heterocycles. The van der Waals surface area contributed by atoms with E-state index in [1.54, 1.807) is 0 Å². The first-order valence-corrected chi connectivity index (χ1v) is 7.08. The smallest absolute Gasteiger partial charge is 0.0245 e. The van der Waals surface area contributed by atoms with Gasteiger partial charge in [-0.2, -0.15) is 0 Å². The third kappa shape index (κ3) is 4.18. The summed E-state index contributed by atoms with van der Waals surface area (Å²) in [7, 11) is 2.08. The van der Waals surface area contributed by atoms with Crippen molar-refractivity contribution in [3.05, 3.63) is 30.3 Å². The van der Waals surface area contributed by atoms with E-state index in [0.717, 1.165) is 0 Å². The molecule has 16 heavy (non-hydrogen) atoms. The first-order valence-electron chi connectivity index (χ1n) is 6.20. The van der Waals surface area contributed by atoms with E-state index >= 15 is 0 Å². The van der Waals surface area contributed by atoms with Gasteiger partial charge >= 0.3 is 0 Å². The zero-order valence-electron chi connectivity index (χ0n) is 10.6. The van der Waals surface area contributed by atoms with Crippen molar-refractivity contribution >= 4 is 11.8 Å². The van der Waals surface area contributed by atoms with Crippen LogP contribution in [0.4, 0.5) is 0 Å². The molecular weight excluding hydrogens is 214 g/mol. The molecule has 0 aliphatic carbocycles. The molecule has 1 rings (SSSR count). The normalized spacial score (nSPS) is 14.7. The maximum absolute atomic E-state index is 3.45. The highest BCUT2D eigenvalue weighted by atomic mass is 32.2. The van der Waals surface area contributed by atoms with Gasteiger partial charge in [0.2, 0.25) is 0 Å². The van der Waals surface area contributed by atoms with Gasteiger partial charge in [0.25, 0.3) is 0 Å². The summed E-state index contributed by atoms with van der Waals surface area (Å²) < 4.78 is 0. The Hall–Kier alpha value is -0.470. The second kappa shape index (κ2) is 7.75. The number of hydrogen-bond acceptors (Lipinski definition) is 2. The van der Waals surface area contributed by atoms with E-state index in [4.69, 9.17) is 0 Å².